The molecule has 0 spiro atoms. The molecule has 10 heavy (non-hydrogen) atoms. The van der Waals surface area contributed by atoms with E-state index in [4.69, 9.17) is 22.1 Å². The van der Waals surface area contributed by atoms with Gasteiger partial charge in [0.05, 0.1) is 10.7 Å². The molecule has 1 heterocycles. The molecule has 0 aliphatic carbocycles. The van der Waals surface area contributed by atoms with Crippen LogP contribution in [0.5, 0.6) is 0 Å². The van der Waals surface area contributed by atoms with Crippen LogP contribution in [0.2, 0.25) is 5.02 Å². The highest BCUT2D eigenvalue weighted by atomic mass is 35.5. The van der Waals surface area contributed by atoms with Gasteiger partial charge in [-0.2, -0.15) is 9.99 Å². The van der Waals surface area contributed by atoms with Crippen LogP contribution >= 0.6 is 11.6 Å². The van der Waals surface area contributed by atoms with Crippen molar-refractivity contribution in [2.45, 2.75) is 6.92 Å². The summed E-state index contributed by atoms with van der Waals surface area (Å²) >= 11 is 5.58. The molecule has 0 radical (unpaired) electrons. The SMILES string of the molecule is Cc1c(Cl)cc(C#N)n1O. The van der Waals surface area contributed by atoms with Gasteiger partial charge in [0.1, 0.15) is 6.07 Å². The zero-order valence-corrected chi connectivity index (χ0v) is 6.05. The lowest BCUT2D eigenvalue weighted by Gasteiger charge is -1.93. The average Bonchev–Trinajstić information content (AvgIpc) is 2.17. The highest BCUT2D eigenvalue weighted by Crippen LogP contribution is 2.17. The summed E-state index contributed by atoms with van der Waals surface area (Å²) in [5, 5.41) is 17.8. The van der Waals surface area contributed by atoms with E-state index in [0.717, 1.165) is 4.73 Å². The first-order valence-electron chi connectivity index (χ1n) is 2.64. The van der Waals surface area contributed by atoms with E-state index in [-0.39, 0.29) is 5.69 Å². The lowest BCUT2D eigenvalue weighted by molar-refractivity contribution is 0.178. The van der Waals surface area contributed by atoms with E-state index < -0.39 is 0 Å². The quantitative estimate of drug-likeness (QED) is 0.580. The maximum absolute atomic E-state index is 9.03. The van der Waals surface area contributed by atoms with E-state index in [1.165, 1.54) is 6.07 Å². The Labute approximate surface area is 63.0 Å². The van der Waals surface area contributed by atoms with E-state index in [0.29, 0.717) is 10.7 Å². The minimum Gasteiger partial charge on any atom is -0.427 e. The molecule has 0 saturated heterocycles. The van der Waals surface area contributed by atoms with Crippen molar-refractivity contribution in [3.05, 3.63) is 22.5 Å². The summed E-state index contributed by atoms with van der Waals surface area (Å²) in [6.45, 7) is 1.63. The zero-order valence-electron chi connectivity index (χ0n) is 5.30. The van der Waals surface area contributed by atoms with Crippen molar-refractivity contribution in [2.24, 2.45) is 0 Å². The minimum atomic E-state index is 0.155. The van der Waals surface area contributed by atoms with Crippen molar-refractivity contribution in [3.8, 4) is 6.07 Å². The monoisotopic (exact) mass is 156 g/mol. The average molecular weight is 157 g/mol. The lowest BCUT2D eigenvalue weighted by Crippen LogP contribution is -1.94. The van der Waals surface area contributed by atoms with Gasteiger partial charge < -0.3 is 5.21 Å². The Kier molecular flexibility index (Phi) is 1.56. The second-order valence-corrected chi connectivity index (χ2v) is 2.29. The Morgan fingerprint density at radius 1 is 1.80 bits per heavy atom. The highest BCUT2D eigenvalue weighted by molar-refractivity contribution is 6.31. The van der Waals surface area contributed by atoms with Gasteiger partial charge in [-0.3, -0.25) is 0 Å². The molecular weight excluding hydrogens is 152 g/mol. The number of aromatic nitrogens is 1. The number of hydrogen-bond acceptors (Lipinski definition) is 2. The fraction of sp³-hybridized carbons (Fsp3) is 0.167. The van der Waals surface area contributed by atoms with Crippen LogP contribution in [0.25, 0.3) is 0 Å². The van der Waals surface area contributed by atoms with E-state index in [1.807, 2.05) is 0 Å². The predicted molar refractivity (Wildman–Crippen MR) is 36.1 cm³/mol. The summed E-state index contributed by atoms with van der Waals surface area (Å²) in [6.07, 6.45) is 0. The molecule has 0 atom stereocenters. The molecule has 0 saturated carbocycles. The van der Waals surface area contributed by atoms with Crippen LogP contribution in [0.1, 0.15) is 11.4 Å². The van der Waals surface area contributed by atoms with E-state index in [1.54, 1.807) is 13.0 Å². The fourth-order valence-electron chi connectivity index (χ4n) is 0.647. The summed E-state index contributed by atoms with van der Waals surface area (Å²) in [5.41, 5.74) is 0.640. The van der Waals surface area contributed by atoms with Crippen molar-refractivity contribution in [2.75, 3.05) is 0 Å². The molecule has 0 bridgehead atoms. The maximum Gasteiger partial charge on any atom is 0.158 e. The Morgan fingerprint density at radius 3 is 2.60 bits per heavy atom. The number of hydrogen-bond donors (Lipinski definition) is 1. The number of rotatable bonds is 0. The van der Waals surface area contributed by atoms with Gasteiger partial charge in [-0.1, -0.05) is 11.6 Å². The maximum atomic E-state index is 9.03. The lowest BCUT2D eigenvalue weighted by atomic mass is 10.4. The number of nitriles is 1. The summed E-state index contributed by atoms with van der Waals surface area (Å²) in [5.74, 6) is 0. The van der Waals surface area contributed by atoms with Crippen LogP contribution in [0.15, 0.2) is 6.07 Å². The van der Waals surface area contributed by atoms with Crippen LogP contribution in [-0.2, 0) is 0 Å². The van der Waals surface area contributed by atoms with Gasteiger partial charge >= 0.3 is 0 Å². The molecule has 0 fully saturated rings. The van der Waals surface area contributed by atoms with Gasteiger partial charge in [-0.15, -0.1) is 0 Å². The molecule has 0 amide bonds. The molecule has 4 heteroatoms. The first kappa shape index (κ1) is 6.97. The molecule has 1 N–H and O–H groups in total. The molecular formula is C6H5ClN2O. The summed E-state index contributed by atoms with van der Waals surface area (Å²) < 4.78 is 0.766. The van der Waals surface area contributed by atoms with Crippen molar-refractivity contribution in [3.63, 3.8) is 0 Å². The van der Waals surface area contributed by atoms with E-state index in [9.17, 15) is 0 Å². The van der Waals surface area contributed by atoms with Gasteiger partial charge in [-0.05, 0) is 13.0 Å². The third-order valence-electron chi connectivity index (χ3n) is 1.27. The molecule has 0 aliphatic heterocycles. The van der Waals surface area contributed by atoms with Gasteiger partial charge in [-0.25, -0.2) is 0 Å². The van der Waals surface area contributed by atoms with Crippen molar-refractivity contribution >= 4 is 11.6 Å². The molecule has 0 aliphatic rings. The fourth-order valence-corrected chi connectivity index (χ4v) is 0.831. The van der Waals surface area contributed by atoms with Crippen molar-refractivity contribution in [1.82, 2.24) is 4.73 Å². The third-order valence-corrected chi connectivity index (χ3v) is 1.65. The van der Waals surface area contributed by atoms with E-state index >= 15 is 0 Å². The zero-order chi connectivity index (χ0) is 7.72. The summed E-state index contributed by atoms with van der Waals surface area (Å²) in [7, 11) is 0. The second kappa shape index (κ2) is 2.24. The Hall–Kier alpha value is -1.14. The molecule has 0 aromatic carbocycles. The normalized spacial score (nSPS) is 9.30. The summed E-state index contributed by atoms with van der Waals surface area (Å²) in [6, 6.07) is 3.20. The molecule has 1 rings (SSSR count). The largest absolute Gasteiger partial charge is 0.427 e. The van der Waals surface area contributed by atoms with Crippen molar-refractivity contribution < 1.29 is 5.21 Å². The Bertz CT molecular complexity index is 297. The van der Waals surface area contributed by atoms with Crippen LogP contribution in [0.3, 0.4) is 0 Å². The minimum absolute atomic E-state index is 0.155. The Balaban J connectivity index is 3.34. The van der Waals surface area contributed by atoms with Crippen LogP contribution in [0.4, 0.5) is 0 Å². The number of halogens is 1. The highest BCUT2D eigenvalue weighted by Gasteiger charge is 2.07. The smallest absolute Gasteiger partial charge is 0.158 e. The molecule has 0 unspecified atom stereocenters. The van der Waals surface area contributed by atoms with Crippen LogP contribution in [-0.4, -0.2) is 9.94 Å². The standard InChI is InChI=1S/C6H5ClN2O/c1-4-6(7)2-5(3-8)9(4)10/h2,10H,1H3. The van der Waals surface area contributed by atoms with Crippen LogP contribution in [0, 0.1) is 18.3 Å². The second-order valence-electron chi connectivity index (χ2n) is 1.89. The van der Waals surface area contributed by atoms with Crippen molar-refractivity contribution in [1.29, 1.82) is 5.26 Å². The Morgan fingerprint density at radius 2 is 2.40 bits per heavy atom. The van der Waals surface area contributed by atoms with Gasteiger partial charge in [0, 0.05) is 0 Å². The van der Waals surface area contributed by atoms with Gasteiger partial charge in [0.2, 0.25) is 0 Å². The van der Waals surface area contributed by atoms with Gasteiger partial charge in [0.15, 0.2) is 5.69 Å². The van der Waals surface area contributed by atoms with Gasteiger partial charge in [0.25, 0.3) is 0 Å². The van der Waals surface area contributed by atoms with Crippen LogP contribution < -0.4 is 0 Å². The molecule has 1 aromatic heterocycles. The third kappa shape index (κ3) is 0.829. The topological polar surface area (TPSA) is 49.0 Å². The summed E-state index contributed by atoms with van der Waals surface area (Å²) in [4.78, 5) is 0. The van der Waals surface area contributed by atoms with E-state index in [2.05, 4.69) is 0 Å². The molecule has 52 valence electrons. The molecule has 1 aromatic rings. The first-order chi connectivity index (χ1) is 4.66. The predicted octanol–water partition coefficient (Wildman–Crippen LogP) is 1.56. The number of nitrogens with zero attached hydrogens (tertiary/aromatic N) is 2. The molecule has 3 nitrogen and oxygen atoms in total. The first-order valence-corrected chi connectivity index (χ1v) is 3.02.